The Hall–Kier alpha value is -3.50. The summed E-state index contributed by atoms with van der Waals surface area (Å²) in [6.45, 7) is 6.48. The van der Waals surface area contributed by atoms with Gasteiger partial charge in [0.1, 0.15) is 5.69 Å². The van der Waals surface area contributed by atoms with Crippen LogP contribution in [0.3, 0.4) is 0 Å². The van der Waals surface area contributed by atoms with Crippen molar-refractivity contribution in [1.29, 1.82) is 0 Å². The first-order valence-corrected chi connectivity index (χ1v) is 12.5. The van der Waals surface area contributed by atoms with Gasteiger partial charge in [-0.3, -0.25) is 0 Å². The van der Waals surface area contributed by atoms with Crippen LogP contribution in [-0.2, 0) is 15.4 Å². The number of hydrogen-bond donors (Lipinski definition) is 3. The Labute approximate surface area is 197 Å². The molecule has 0 saturated heterocycles. The van der Waals surface area contributed by atoms with Gasteiger partial charge in [-0.1, -0.05) is 38.0 Å². The fourth-order valence-corrected chi connectivity index (χ4v) is 4.52. The summed E-state index contributed by atoms with van der Waals surface area (Å²) in [6, 6.07) is 12.2. The average molecular weight is 479 g/mol. The van der Waals surface area contributed by atoms with E-state index in [0.717, 1.165) is 16.5 Å². The van der Waals surface area contributed by atoms with Crippen molar-refractivity contribution in [2.75, 3.05) is 11.1 Å². The molecule has 0 amide bonds. The van der Waals surface area contributed by atoms with E-state index in [-0.39, 0.29) is 22.2 Å². The lowest BCUT2D eigenvalue weighted by atomic mass is 9.83. The molecular formula is C24H26N6O3S. The van der Waals surface area contributed by atoms with E-state index in [2.05, 4.69) is 48.4 Å². The number of anilines is 3. The van der Waals surface area contributed by atoms with Crippen LogP contribution in [0.25, 0.3) is 22.5 Å². The first kappa shape index (κ1) is 22.3. The largest absolute Gasteiger partial charge is 0.401 e. The molecule has 5 rings (SSSR count). The van der Waals surface area contributed by atoms with Gasteiger partial charge >= 0.3 is 6.01 Å². The molecule has 0 aliphatic heterocycles. The first-order valence-electron chi connectivity index (χ1n) is 11.0. The predicted octanol–water partition coefficient (Wildman–Crippen LogP) is 4.43. The number of aromatic nitrogens is 3. The molecule has 4 aromatic rings. The SMILES string of the molecule is CC(C)(C)c1cc(C2CC2)cc2c(N)cc(-c3nnc(Nc4cccc(S(N)(=O)=O)c4)o3)nc12. The van der Waals surface area contributed by atoms with Gasteiger partial charge in [-0.2, -0.15) is 0 Å². The number of hydrogen-bond acceptors (Lipinski definition) is 8. The normalized spacial score (nSPS) is 14.5. The van der Waals surface area contributed by atoms with Crippen LogP contribution in [0.15, 0.2) is 51.8 Å². The van der Waals surface area contributed by atoms with Gasteiger partial charge in [0, 0.05) is 16.8 Å². The summed E-state index contributed by atoms with van der Waals surface area (Å²) in [5, 5.41) is 17.2. The van der Waals surface area contributed by atoms with Crippen LogP contribution in [0.2, 0.25) is 0 Å². The van der Waals surface area contributed by atoms with Gasteiger partial charge in [0.25, 0.3) is 5.89 Å². The number of nitrogens with two attached hydrogens (primary N) is 2. The Bertz CT molecular complexity index is 1520. The minimum absolute atomic E-state index is 0.0264. The summed E-state index contributed by atoms with van der Waals surface area (Å²) in [5.41, 5.74) is 11.1. The Morgan fingerprint density at radius 3 is 2.53 bits per heavy atom. The van der Waals surface area contributed by atoms with Crippen LogP contribution in [-0.4, -0.2) is 23.6 Å². The number of nitrogen functional groups attached to an aromatic ring is 1. The van der Waals surface area contributed by atoms with E-state index in [1.165, 1.54) is 30.5 Å². The highest BCUT2D eigenvalue weighted by molar-refractivity contribution is 7.89. The third-order valence-corrected chi connectivity index (χ3v) is 6.79. The summed E-state index contributed by atoms with van der Waals surface area (Å²) in [5.74, 6) is 0.798. The monoisotopic (exact) mass is 478 g/mol. The van der Waals surface area contributed by atoms with Gasteiger partial charge in [-0.05, 0) is 65.6 Å². The minimum Gasteiger partial charge on any atom is -0.401 e. The fourth-order valence-electron chi connectivity index (χ4n) is 3.96. The number of benzene rings is 2. The zero-order valence-corrected chi connectivity index (χ0v) is 20.0. The van der Waals surface area contributed by atoms with Gasteiger partial charge in [0.2, 0.25) is 10.0 Å². The lowest BCUT2D eigenvalue weighted by Crippen LogP contribution is -2.13. The molecule has 1 saturated carbocycles. The predicted molar refractivity (Wildman–Crippen MR) is 131 cm³/mol. The van der Waals surface area contributed by atoms with Crippen molar-refractivity contribution >= 4 is 38.3 Å². The van der Waals surface area contributed by atoms with Crippen LogP contribution < -0.4 is 16.2 Å². The third kappa shape index (κ3) is 4.34. The maximum Gasteiger partial charge on any atom is 0.320 e. The van der Waals surface area contributed by atoms with Crippen molar-refractivity contribution in [1.82, 2.24) is 15.2 Å². The molecule has 2 aromatic carbocycles. The topological polar surface area (TPSA) is 150 Å². The van der Waals surface area contributed by atoms with Crippen molar-refractivity contribution in [2.45, 2.75) is 49.8 Å². The van der Waals surface area contributed by atoms with Crippen LogP contribution in [0, 0.1) is 0 Å². The molecule has 1 aliphatic carbocycles. The van der Waals surface area contributed by atoms with Gasteiger partial charge in [0.15, 0.2) is 0 Å². The second-order valence-corrected chi connectivity index (χ2v) is 11.3. The highest BCUT2D eigenvalue weighted by Crippen LogP contribution is 2.44. The number of fused-ring (bicyclic) bond motifs is 1. The number of nitrogens with one attached hydrogen (secondary N) is 1. The molecule has 2 heterocycles. The molecule has 1 fully saturated rings. The van der Waals surface area contributed by atoms with Gasteiger partial charge in [0.05, 0.1) is 10.4 Å². The Morgan fingerprint density at radius 2 is 1.85 bits per heavy atom. The van der Waals surface area contributed by atoms with E-state index >= 15 is 0 Å². The maximum atomic E-state index is 11.6. The molecule has 0 bridgehead atoms. The van der Waals surface area contributed by atoms with E-state index in [9.17, 15) is 8.42 Å². The average Bonchev–Trinajstić information content (AvgIpc) is 3.51. The molecule has 0 unspecified atom stereocenters. The summed E-state index contributed by atoms with van der Waals surface area (Å²) in [7, 11) is -3.83. The molecule has 0 radical (unpaired) electrons. The number of primary sulfonamides is 1. The molecule has 1 aliphatic rings. The number of pyridine rings is 1. The lowest BCUT2D eigenvalue weighted by Gasteiger charge is -2.23. The van der Waals surface area contributed by atoms with Crippen molar-refractivity contribution in [3.05, 3.63) is 53.6 Å². The number of sulfonamides is 1. The Balaban J connectivity index is 1.53. The molecule has 176 valence electrons. The van der Waals surface area contributed by atoms with E-state index in [4.69, 9.17) is 20.3 Å². The molecule has 10 heteroatoms. The molecule has 0 atom stereocenters. The van der Waals surface area contributed by atoms with Crippen LogP contribution in [0.1, 0.15) is 50.7 Å². The van der Waals surface area contributed by atoms with Crippen LogP contribution in [0.5, 0.6) is 0 Å². The van der Waals surface area contributed by atoms with Crippen molar-refractivity contribution < 1.29 is 12.8 Å². The lowest BCUT2D eigenvalue weighted by molar-refractivity contribution is 0.584. The molecule has 5 N–H and O–H groups in total. The van der Waals surface area contributed by atoms with E-state index < -0.39 is 10.0 Å². The first-order chi connectivity index (χ1) is 16.0. The fraction of sp³-hybridized carbons (Fsp3) is 0.292. The number of rotatable bonds is 5. The summed E-state index contributed by atoms with van der Waals surface area (Å²) in [4.78, 5) is 4.83. The smallest absolute Gasteiger partial charge is 0.320 e. The second kappa shape index (κ2) is 7.78. The van der Waals surface area contributed by atoms with Crippen molar-refractivity contribution in [3.63, 3.8) is 0 Å². The zero-order chi connectivity index (χ0) is 24.3. The van der Waals surface area contributed by atoms with E-state index in [1.807, 2.05) is 0 Å². The van der Waals surface area contributed by atoms with E-state index in [1.54, 1.807) is 18.2 Å². The Morgan fingerprint density at radius 1 is 1.09 bits per heavy atom. The molecule has 0 spiro atoms. The quantitative estimate of drug-likeness (QED) is 0.381. The highest BCUT2D eigenvalue weighted by Gasteiger charge is 2.28. The van der Waals surface area contributed by atoms with Crippen molar-refractivity contribution in [3.8, 4) is 11.6 Å². The zero-order valence-electron chi connectivity index (χ0n) is 19.2. The van der Waals surface area contributed by atoms with Crippen molar-refractivity contribution in [2.24, 2.45) is 5.14 Å². The second-order valence-electron chi connectivity index (χ2n) is 9.70. The molecule has 34 heavy (non-hydrogen) atoms. The number of nitrogens with zero attached hydrogens (tertiary/aromatic N) is 3. The summed E-state index contributed by atoms with van der Waals surface area (Å²) in [6.07, 6.45) is 2.41. The third-order valence-electron chi connectivity index (χ3n) is 5.88. The molecular weight excluding hydrogens is 452 g/mol. The van der Waals surface area contributed by atoms with E-state index in [0.29, 0.717) is 23.0 Å². The molecule has 2 aromatic heterocycles. The maximum absolute atomic E-state index is 11.6. The Kier molecular flexibility index (Phi) is 5.10. The summed E-state index contributed by atoms with van der Waals surface area (Å²) >= 11 is 0. The van der Waals surface area contributed by atoms with Crippen LogP contribution >= 0.6 is 0 Å². The van der Waals surface area contributed by atoms with Gasteiger partial charge < -0.3 is 15.5 Å². The summed E-state index contributed by atoms with van der Waals surface area (Å²) < 4.78 is 29.0. The minimum atomic E-state index is -3.83. The van der Waals surface area contributed by atoms with Gasteiger partial charge in [-0.25, -0.2) is 18.5 Å². The van der Waals surface area contributed by atoms with Gasteiger partial charge in [-0.15, -0.1) is 5.10 Å². The molecule has 9 nitrogen and oxygen atoms in total. The standard InChI is InChI=1S/C24H26N6O3S/c1-24(2,3)18-10-14(13-7-8-13)9-17-19(25)12-20(28-21(17)18)22-29-30-23(33-22)27-15-5-4-6-16(11-15)34(26,31)32/h4-6,9-13H,7-8H2,1-3H3,(H2,25,28)(H,27,30)(H2,26,31,32). The van der Waals surface area contributed by atoms with Crippen LogP contribution in [0.4, 0.5) is 17.4 Å². The highest BCUT2D eigenvalue weighted by atomic mass is 32.2.